The monoisotopic (exact) mass is 482 g/mol. The van der Waals surface area contributed by atoms with Gasteiger partial charge in [0.25, 0.3) is 17.5 Å². The third kappa shape index (κ3) is 4.78. The molecule has 12 heteroatoms. The van der Waals surface area contributed by atoms with Crippen LogP contribution in [0, 0.1) is 0 Å². The van der Waals surface area contributed by atoms with Crippen molar-refractivity contribution >= 4 is 30.0 Å². The highest BCUT2D eigenvalue weighted by Crippen LogP contribution is 2.37. The van der Waals surface area contributed by atoms with E-state index < -0.39 is 17.5 Å². The molecule has 0 aliphatic carbocycles. The number of nitrogens with one attached hydrogen (secondary N) is 2. The Morgan fingerprint density at radius 3 is 2.97 bits per heavy atom. The van der Waals surface area contributed by atoms with Gasteiger partial charge in [-0.3, -0.25) is 15.4 Å². The van der Waals surface area contributed by atoms with Crippen molar-refractivity contribution in [1.82, 2.24) is 20.4 Å². The van der Waals surface area contributed by atoms with E-state index in [4.69, 9.17) is 24.9 Å². The van der Waals surface area contributed by atoms with Crippen LogP contribution in [0.25, 0.3) is 0 Å². The molecule has 1 amide bonds. The van der Waals surface area contributed by atoms with Crippen molar-refractivity contribution in [2.45, 2.75) is 18.1 Å². The van der Waals surface area contributed by atoms with Crippen LogP contribution in [-0.4, -0.2) is 98.8 Å². The SMILES string of the molecule is COc1cccc2c1N=CN1CC(NC(=O)C3(N)N=CC=CN3)(OCCCN3CCOCC3)N=C21. The van der Waals surface area contributed by atoms with Gasteiger partial charge in [0.05, 0.1) is 39.8 Å². The Labute approximate surface area is 203 Å². The lowest BCUT2D eigenvalue weighted by atomic mass is 10.1. The number of benzene rings is 1. The molecule has 0 radical (unpaired) electrons. The molecular formula is C23H30N8O4. The van der Waals surface area contributed by atoms with Gasteiger partial charge in [-0.2, -0.15) is 0 Å². The minimum atomic E-state index is -1.66. The van der Waals surface area contributed by atoms with E-state index in [1.54, 1.807) is 25.7 Å². The number of rotatable bonds is 8. The topological polar surface area (TPSA) is 138 Å². The Morgan fingerprint density at radius 1 is 1.34 bits per heavy atom. The summed E-state index contributed by atoms with van der Waals surface area (Å²) in [6.07, 6.45) is 7.15. The van der Waals surface area contributed by atoms with Gasteiger partial charge in [-0.15, -0.1) is 0 Å². The van der Waals surface area contributed by atoms with Crippen molar-refractivity contribution in [3.8, 4) is 5.75 Å². The Kier molecular flexibility index (Phi) is 6.52. The molecule has 5 rings (SSSR count). The molecule has 1 fully saturated rings. The van der Waals surface area contributed by atoms with Crippen molar-refractivity contribution < 1.29 is 19.0 Å². The molecule has 1 aromatic rings. The number of ether oxygens (including phenoxy) is 3. The van der Waals surface area contributed by atoms with Crippen molar-refractivity contribution in [3.05, 3.63) is 36.0 Å². The van der Waals surface area contributed by atoms with Crippen LogP contribution in [0.2, 0.25) is 0 Å². The molecule has 2 atom stereocenters. The van der Waals surface area contributed by atoms with E-state index in [0.717, 1.165) is 44.8 Å². The molecule has 4 N–H and O–H groups in total. The summed E-state index contributed by atoms with van der Waals surface area (Å²) in [7, 11) is 1.60. The first-order valence-electron chi connectivity index (χ1n) is 11.6. The maximum atomic E-state index is 13.2. The number of hydrogen-bond donors (Lipinski definition) is 3. The molecule has 4 aliphatic rings. The molecule has 0 aromatic heterocycles. The number of morpholine rings is 1. The first-order valence-corrected chi connectivity index (χ1v) is 11.6. The van der Waals surface area contributed by atoms with Crippen molar-refractivity contribution in [2.24, 2.45) is 20.7 Å². The van der Waals surface area contributed by atoms with Crippen molar-refractivity contribution in [3.63, 3.8) is 0 Å². The number of nitrogens with zero attached hydrogens (tertiary/aromatic N) is 5. The van der Waals surface area contributed by atoms with Gasteiger partial charge in [-0.25, -0.2) is 15.0 Å². The van der Waals surface area contributed by atoms with Crippen LogP contribution in [0.1, 0.15) is 12.0 Å². The zero-order chi connectivity index (χ0) is 24.3. The van der Waals surface area contributed by atoms with E-state index in [9.17, 15) is 4.79 Å². The zero-order valence-corrected chi connectivity index (χ0v) is 19.6. The Balaban J connectivity index is 1.37. The van der Waals surface area contributed by atoms with Crippen molar-refractivity contribution in [2.75, 3.05) is 53.1 Å². The number of carbonyl (C=O) groups is 1. The van der Waals surface area contributed by atoms with Gasteiger partial charge in [0.2, 0.25) is 0 Å². The number of allylic oxidation sites excluding steroid dienone is 1. The molecule has 4 heterocycles. The predicted octanol–water partition coefficient (Wildman–Crippen LogP) is -0.260. The van der Waals surface area contributed by atoms with Crippen LogP contribution >= 0.6 is 0 Å². The number of para-hydroxylation sites is 1. The van der Waals surface area contributed by atoms with Crippen LogP contribution in [0.5, 0.6) is 5.75 Å². The van der Waals surface area contributed by atoms with E-state index >= 15 is 0 Å². The van der Waals surface area contributed by atoms with Crippen molar-refractivity contribution in [1.29, 1.82) is 0 Å². The fraction of sp³-hybridized carbons (Fsp3) is 0.478. The van der Waals surface area contributed by atoms with E-state index in [0.29, 0.717) is 23.9 Å². The lowest BCUT2D eigenvalue weighted by Crippen LogP contribution is -2.66. The molecule has 35 heavy (non-hydrogen) atoms. The minimum absolute atomic E-state index is 0.238. The fourth-order valence-corrected chi connectivity index (χ4v) is 4.36. The summed E-state index contributed by atoms with van der Waals surface area (Å²) in [5, 5.41) is 5.70. The van der Waals surface area contributed by atoms with Crippen LogP contribution < -0.4 is 21.1 Å². The molecule has 12 nitrogen and oxygen atoms in total. The molecule has 1 saturated heterocycles. The Bertz CT molecular complexity index is 1080. The molecule has 0 saturated carbocycles. The number of nitrogens with two attached hydrogens (primary N) is 1. The average Bonchev–Trinajstić information content (AvgIpc) is 3.26. The Morgan fingerprint density at radius 2 is 2.20 bits per heavy atom. The molecule has 0 bridgehead atoms. The number of hydrogen-bond acceptors (Lipinski definition) is 11. The first-order chi connectivity index (χ1) is 17.0. The van der Waals surface area contributed by atoms with Gasteiger partial charge in [-0.1, -0.05) is 6.07 Å². The second-order valence-electron chi connectivity index (χ2n) is 8.61. The van der Waals surface area contributed by atoms with E-state index in [1.165, 1.54) is 6.21 Å². The van der Waals surface area contributed by atoms with Gasteiger partial charge in [0.1, 0.15) is 17.3 Å². The van der Waals surface area contributed by atoms with Crippen LogP contribution in [-0.2, 0) is 14.3 Å². The molecule has 1 aromatic carbocycles. The summed E-state index contributed by atoms with van der Waals surface area (Å²) in [6, 6.07) is 5.64. The largest absolute Gasteiger partial charge is 0.494 e. The van der Waals surface area contributed by atoms with Gasteiger partial charge in [0, 0.05) is 37.6 Å². The molecule has 4 aliphatic heterocycles. The average molecular weight is 483 g/mol. The van der Waals surface area contributed by atoms with Gasteiger partial charge in [-0.05, 0) is 24.6 Å². The number of amides is 1. The maximum Gasteiger partial charge on any atom is 0.288 e. The van der Waals surface area contributed by atoms with Gasteiger partial charge in [0.15, 0.2) is 0 Å². The van der Waals surface area contributed by atoms with Gasteiger partial charge >= 0.3 is 0 Å². The lowest BCUT2D eigenvalue weighted by molar-refractivity contribution is -0.139. The second-order valence-corrected chi connectivity index (χ2v) is 8.61. The van der Waals surface area contributed by atoms with E-state index in [2.05, 4.69) is 25.5 Å². The number of amidine groups is 1. The standard InChI is InChI=1S/C23H30N8O4/c1-33-18-6-2-5-17-19(18)25-16-31-15-22(28-20(17)31,29-21(32)23(24)26-7-3-8-27-23)35-12-4-9-30-10-13-34-14-11-30/h2-3,5-8,16,26H,4,9-15,24H2,1H3,(H,29,32). The summed E-state index contributed by atoms with van der Waals surface area (Å²) in [5.74, 6) is -2.30. The first kappa shape index (κ1) is 23.4. The molecular weight excluding hydrogens is 452 g/mol. The Hall–Kier alpha value is -3.32. The number of aliphatic imine (C=N–C) groups is 3. The normalized spacial score (nSPS) is 27.1. The third-order valence-electron chi connectivity index (χ3n) is 6.21. The predicted molar refractivity (Wildman–Crippen MR) is 131 cm³/mol. The molecule has 2 unspecified atom stereocenters. The maximum absolute atomic E-state index is 13.2. The minimum Gasteiger partial charge on any atom is -0.494 e. The highest BCUT2D eigenvalue weighted by molar-refractivity contribution is 6.12. The second kappa shape index (κ2) is 9.74. The van der Waals surface area contributed by atoms with Crippen LogP contribution in [0.15, 0.2) is 45.5 Å². The lowest BCUT2D eigenvalue weighted by Gasteiger charge is -2.33. The number of fused-ring (bicyclic) bond motifs is 3. The highest BCUT2D eigenvalue weighted by atomic mass is 16.5. The van der Waals surface area contributed by atoms with Crippen LogP contribution in [0.4, 0.5) is 5.69 Å². The van der Waals surface area contributed by atoms with E-state index in [-0.39, 0.29) is 6.54 Å². The van der Waals surface area contributed by atoms with Gasteiger partial charge < -0.3 is 29.7 Å². The zero-order valence-electron chi connectivity index (χ0n) is 19.6. The molecule has 186 valence electrons. The summed E-state index contributed by atoms with van der Waals surface area (Å²) < 4.78 is 17.2. The summed E-state index contributed by atoms with van der Waals surface area (Å²) in [4.78, 5) is 30.9. The molecule has 0 spiro atoms. The number of carbonyl (C=O) groups excluding carboxylic acids is 1. The highest BCUT2D eigenvalue weighted by Gasteiger charge is 2.47. The third-order valence-corrected chi connectivity index (χ3v) is 6.21. The summed E-state index contributed by atoms with van der Waals surface area (Å²) >= 11 is 0. The summed E-state index contributed by atoms with van der Waals surface area (Å²) in [6.45, 7) is 4.78. The van der Waals surface area contributed by atoms with Crippen LogP contribution in [0.3, 0.4) is 0 Å². The fourth-order valence-electron chi connectivity index (χ4n) is 4.36. The smallest absolute Gasteiger partial charge is 0.288 e. The number of methoxy groups -OCH3 is 1. The quantitative estimate of drug-likeness (QED) is 0.340. The van der Waals surface area contributed by atoms with E-state index in [1.807, 2.05) is 23.1 Å². The summed E-state index contributed by atoms with van der Waals surface area (Å²) in [5.41, 5.74) is 7.67.